The average Bonchev–Trinajstić information content (AvgIpc) is 2.62. The van der Waals surface area contributed by atoms with Crippen LogP contribution in [0.4, 0.5) is 0 Å². The van der Waals surface area contributed by atoms with Gasteiger partial charge in [0.2, 0.25) is 0 Å². The van der Waals surface area contributed by atoms with E-state index in [0.717, 1.165) is 49.8 Å². The quantitative estimate of drug-likeness (QED) is 0.544. The highest BCUT2D eigenvalue weighted by atomic mass is 32.2. The second kappa shape index (κ2) is 10.3. The lowest BCUT2D eigenvalue weighted by Crippen LogP contribution is -2.29. The second-order valence-corrected chi connectivity index (χ2v) is 10.7. The maximum absolute atomic E-state index is 12.7. The van der Waals surface area contributed by atoms with Crippen LogP contribution in [0, 0.1) is 11.8 Å². The van der Waals surface area contributed by atoms with Crippen molar-refractivity contribution in [2.45, 2.75) is 71.0 Å². The number of unbranched alkanes of at least 4 members (excludes halogenated alkanes) is 1. The molecule has 0 amide bonds. The third-order valence-electron chi connectivity index (χ3n) is 5.53. The molecule has 0 N–H and O–H groups in total. The predicted octanol–water partition coefficient (Wildman–Crippen LogP) is 4.61. The van der Waals surface area contributed by atoms with Gasteiger partial charge in [0, 0.05) is 12.3 Å². The Bertz CT molecular complexity index is 701. The molecule has 0 atom stereocenters. The number of ketones is 1. The molecule has 1 aromatic carbocycles. The highest BCUT2D eigenvalue weighted by molar-refractivity contribution is 7.91. The van der Waals surface area contributed by atoms with Crippen LogP contribution in [0.2, 0.25) is 0 Å². The van der Waals surface area contributed by atoms with Gasteiger partial charge in [-0.2, -0.15) is 0 Å². The van der Waals surface area contributed by atoms with Gasteiger partial charge in [0.1, 0.15) is 11.5 Å². The van der Waals surface area contributed by atoms with E-state index in [1.165, 1.54) is 0 Å². The van der Waals surface area contributed by atoms with E-state index < -0.39 is 9.84 Å². The van der Waals surface area contributed by atoms with E-state index >= 15 is 0 Å². The average molecular weight is 395 g/mol. The van der Waals surface area contributed by atoms with Gasteiger partial charge in [-0.15, -0.1) is 0 Å². The van der Waals surface area contributed by atoms with Crippen LogP contribution < -0.4 is 4.74 Å². The largest absolute Gasteiger partial charge is 0.494 e. The first-order valence-electron chi connectivity index (χ1n) is 10.3. The molecule has 1 saturated carbocycles. The third-order valence-corrected chi connectivity index (χ3v) is 7.90. The fourth-order valence-electron chi connectivity index (χ4n) is 3.60. The Morgan fingerprint density at radius 2 is 1.89 bits per heavy atom. The Morgan fingerprint density at radius 3 is 2.52 bits per heavy atom. The number of ether oxygens (including phenoxy) is 1. The van der Waals surface area contributed by atoms with E-state index in [4.69, 9.17) is 4.74 Å². The molecular formula is C22H34O4S. The highest BCUT2D eigenvalue weighted by Crippen LogP contribution is 2.31. The van der Waals surface area contributed by atoms with Crippen LogP contribution >= 0.6 is 0 Å². The van der Waals surface area contributed by atoms with Gasteiger partial charge in [0.15, 0.2) is 9.84 Å². The van der Waals surface area contributed by atoms with Crippen molar-refractivity contribution in [1.82, 2.24) is 0 Å². The van der Waals surface area contributed by atoms with Gasteiger partial charge < -0.3 is 4.74 Å². The van der Waals surface area contributed by atoms with Crippen LogP contribution in [0.15, 0.2) is 24.3 Å². The summed E-state index contributed by atoms with van der Waals surface area (Å²) in [5, 5.41) is -0.316. The lowest BCUT2D eigenvalue weighted by atomic mass is 9.79. The van der Waals surface area contributed by atoms with Crippen molar-refractivity contribution >= 4 is 15.6 Å². The van der Waals surface area contributed by atoms with Crippen molar-refractivity contribution in [2.24, 2.45) is 11.8 Å². The molecule has 0 heterocycles. The maximum atomic E-state index is 12.7. The van der Waals surface area contributed by atoms with E-state index in [-0.39, 0.29) is 28.6 Å². The van der Waals surface area contributed by atoms with Crippen LogP contribution in [-0.4, -0.2) is 31.8 Å². The minimum absolute atomic E-state index is 0.0627. The van der Waals surface area contributed by atoms with Crippen LogP contribution in [0.5, 0.6) is 5.75 Å². The molecule has 152 valence electrons. The van der Waals surface area contributed by atoms with E-state index in [2.05, 4.69) is 6.92 Å². The molecule has 27 heavy (non-hydrogen) atoms. The van der Waals surface area contributed by atoms with Gasteiger partial charge in [-0.25, -0.2) is 8.42 Å². The molecule has 0 unspecified atom stereocenters. The minimum Gasteiger partial charge on any atom is -0.494 e. The molecule has 0 aliphatic heterocycles. The first-order valence-corrected chi connectivity index (χ1v) is 12.0. The first kappa shape index (κ1) is 21.9. The summed E-state index contributed by atoms with van der Waals surface area (Å²) in [7, 11) is -3.00. The first-order chi connectivity index (χ1) is 12.8. The van der Waals surface area contributed by atoms with Gasteiger partial charge in [-0.3, -0.25) is 4.79 Å². The highest BCUT2D eigenvalue weighted by Gasteiger charge is 2.29. The van der Waals surface area contributed by atoms with E-state index in [9.17, 15) is 13.2 Å². The number of rotatable bonds is 10. The summed E-state index contributed by atoms with van der Waals surface area (Å²) in [6, 6.07) is 7.82. The zero-order valence-corrected chi connectivity index (χ0v) is 17.8. The van der Waals surface area contributed by atoms with Crippen molar-refractivity contribution in [3.63, 3.8) is 0 Å². The van der Waals surface area contributed by atoms with Gasteiger partial charge >= 0.3 is 0 Å². The summed E-state index contributed by atoms with van der Waals surface area (Å²) in [6.45, 7) is 6.32. The van der Waals surface area contributed by atoms with Crippen molar-refractivity contribution in [3.8, 4) is 5.75 Å². The number of carbonyl (C=O) groups excluding carboxylic acids is 1. The Kier molecular flexibility index (Phi) is 8.33. The standard InChI is InChI=1S/C22H34O4S/c1-4-5-13-26-21-8-6-7-19(14-21)15-22(23)20-11-9-18(10-12-20)16-27(24,25)17(2)3/h6-8,14,17-18,20H,4-5,9-13,15-16H2,1-3H3. The van der Waals surface area contributed by atoms with E-state index in [1.54, 1.807) is 13.8 Å². The summed E-state index contributed by atoms with van der Waals surface area (Å²) < 4.78 is 29.9. The molecule has 0 radical (unpaired) electrons. The number of Topliss-reactive ketones (excluding diaryl/α,β-unsaturated/α-hetero) is 1. The van der Waals surface area contributed by atoms with Crippen molar-refractivity contribution in [3.05, 3.63) is 29.8 Å². The molecule has 1 aromatic rings. The summed E-state index contributed by atoms with van der Waals surface area (Å²) in [5.41, 5.74) is 0.999. The molecule has 5 heteroatoms. The Hall–Kier alpha value is -1.36. The van der Waals surface area contributed by atoms with Crippen LogP contribution in [0.25, 0.3) is 0 Å². The molecule has 1 fully saturated rings. The summed E-state index contributed by atoms with van der Waals surface area (Å²) >= 11 is 0. The van der Waals surface area contributed by atoms with Crippen LogP contribution in [0.3, 0.4) is 0 Å². The molecule has 0 spiro atoms. The maximum Gasteiger partial charge on any atom is 0.152 e. The number of hydrogen-bond acceptors (Lipinski definition) is 4. The smallest absolute Gasteiger partial charge is 0.152 e. The third kappa shape index (κ3) is 6.95. The molecule has 1 aliphatic rings. The van der Waals surface area contributed by atoms with E-state index in [1.807, 2.05) is 24.3 Å². The van der Waals surface area contributed by atoms with Gasteiger partial charge in [-0.1, -0.05) is 25.5 Å². The number of sulfone groups is 1. The monoisotopic (exact) mass is 394 g/mol. The van der Waals surface area contributed by atoms with E-state index in [0.29, 0.717) is 13.0 Å². The molecule has 1 aliphatic carbocycles. The second-order valence-electron chi connectivity index (χ2n) is 8.09. The lowest BCUT2D eigenvalue weighted by molar-refractivity contribution is -0.123. The Labute approximate surface area is 164 Å². The molecule has 0 saturated heterocycles. The Morgan fingerprint density at radius 1 is 1.19 bits per heavy atom. The normalized spacial score (nSPS) is 20.6. The van der Waals surface area contributed by atoms with Crippen molar-refractivity contribution in [1.29, 1.82) is 0 Å². The summed E-state index contributed by atoms with van der Waals surface area (Å²) in [4.78, 5) is 12.7. The fourth-order valence-corrected chi connectivity index (χ4v) is 4.97. The number of benzene rings is 1. The van der Waals surface area contributed by atoms with Crippen molar-refractivity contribution < 1.29 is 17.9 Å². The molecule has 0 aromatic heterocycles. The predicted molar refractivity (Wildman–Crippen MR) is 110 cm³/mol. The van der Waals surface area contributed by atoms with Gasteiger partial charge in [-0.05, 0) is 69.6 Å². The number of hydrogen-bond donors (Lipinski definition) is 0. The fraction of sp³-hybridized carbons (Fsp3) is 0.682. The molecule has 0 bridgehead atoms. The van der Waals surface area contributed by atoms with Crippen molar-refractivity contribution in [2.75, 3.05) is 12.4 Å². The van der Waals surface area contributed by atoms with Gasteiger partial charge in [0.25, 0.3) is 0 Å². The molecule has 4 nitrogen and oxygen atoms in total. The van der Waals surface area contributed by atoms with Gasteiger partial charge in [0.05, 0.1) is 17.6 Å². The Balaban J connectivity index is 1.83. The van der Waals surface area contributed by atoms with Crippen LogP contribution in [-0.2, 0) is 21.1 Å². The number of carbonyl (C=O) groups is 1. The molecule has 2 rings (SSSR count). The zero-order valence-electron chi connectivity index (χ0n) is 16.9. The summed E-state index contributed by atoms with van der Waals surface area (Å²) in [5.74, 6) is 1.63. The minimum atomic E-state index is -3.00. The molecular weight excluding hydrogens is 360 g/mol. The summed E-state index contributed by atoms with van der Waals surface area (Å²) in [6.07, 6.45) is 5.85. The SMILES string of the molecule is CCCCOc1cccc(CC(=O)C2CCC(CS(=O)(=O)C(C)C)CC2)c1. The zero-order chi connectivity index (χ0) is 19.9. The van der Waals surface area contributed by atoms with Crippen LogP contribution in [0.1, 0.15) is 64.9 Å². The lowest BCUT2D eigenvalue weighted by Gasteiger charge is -2.28. The topological polar surface area (TPSA) is 60.4 Å².